The average molecular weight is 1360 g/mol. The number of carbonyl (C=O) groups excluding carboxylic acids is 7. The maximum Gasteiger partial charge on any atom is 0.737 e. The van der Waals surface area contributed by atoms with Gasteiger partial charge in [-0.15, -0.1) is 8.67 Å². The number of ether oxygens (including phenoxy) is 2. The number of nitro benzene ring substituents is 1. The number of likely N-dealkylation sites (N-methyl/N-ethyl adjacent to an activating group) is 1. The minimum Gasteiger partial charge on any atom is -0.491 e. The van der Waals surface area contributed by atoms with E-state index in [4.69, 9.17) is 24.8 Å². The number of amides is 5. The van der Waals surface area contributed by atoms with Crippen molar-refractivity contribution >= 4 is 90.5 Å². The van der Waals surface area contributed by atoms with E-state index in [-0.39, 0.29) is 98.1 Å². The Morgan fingerprint density at radius 2 is 1.45 bits per heavy atom. The van der Waals surface area contributed by atoms with Gasteiger partial charge in [-0.3, -0.25) is 43.7 Å². The molecule has 6 rings (SSSR count). The summed E-state index contributed by atoms with van der Waals surface area (Å²) in [6.45, 7) is -1.26. The van der Waals surface area contributed by atoms with Gasteiger partial charge in [0.25, 0.3) is 17.5 Å². The fraction of sp³-hybridized carbons (Fsp3) is 0.541. The van der Waals surface area contributed by atoms with E-state index in [2.05, 4.69) is 34.7 Å². The smallest absolute Gasteiger partial charge is 0.491 e. The number of nitrogens with zero attached hydrogens (tertiary/aromatic N) is 7. The van der Waals surface area contributed by atoms with Gasteiger partial charge in [0.05, 0.1) is 77.5 Å². The van der Waals surface area contributed by atoms with E-state index in [1.54, 1.807) is 60.5 Å². The van der Waals surface area contributed by atoms with E-state index in [1.165, 1.54) is 6.92 Å². The number of rotatable bonds is 42. The molecule has 1 fully saturated rings. The predicted molar refractivity (Wildman–Crippen MR) is 345 cm³/mol. The molecule has 1 saturated heterocycles. The number of fused-ring (bicyclic) bond motifs is 2. The molecular formula is C61H87BF2N10O18S2+2. The van der Waals surface area contributed by atoms with Crippen molar-refractivity contribution in [2.24, 2.45) is 0 Å². The Labute approximate surface area is 553 Å². The van der Waals surface area contributed by atoms with Crippen molar-refractivity contribution in [3.8, 4) is 17.0 Å². The molecule has 0 spiro atoms. The summed E-state index contributed by atoms with van der Waals surface area (Å²) in [6, 6.07) is 10.6. The molecule has 5 N–H and O–H groups in total. The van der Waals surface area contributed by atoms with E-state index in [9.17, 15) is 43.7 Å². The molecule has 0 saturated carbocycles. The molecule has 1 aromatic heterocycles. The third-order valence-corrected chi connectivity index (χ3v) is 17.0. The minimum absolute atomic E-state index is 0.0722. The van der Waals surface area contributed by atoms with E-state index >= 15 is 8.63 Å². The highest BCUT2D eigenvalue weighted by Gasteiger charge is 2.54. The van der Waals surface area contributed by atoms with Crippen LogP contribution in [0.2, 0.25) is 0 Å². The first-order valence-electron chi connectivity index (χ1n) is 31.1. The van der Waals surface area contributed by atoms with Crippen LogP contribution in [0.25, 0.3) is 17.3 Å². The fourth-order valence-electron chi connectivity index (χ4n) is 11.1. The van der Waals surface area contributed by atoms with Crippen LogP contribution in [0.4, 0.5) is 19.1 Å². The zero-order valence-electron chi connectivity index (χ0n) is 54.3. The van der Waals surface area contributed by atoms with Crippen LogP contribution in [0, 0.1) is 10.1 Å². The molecule has 3 unspecified atom stereocenters. The molecule has 2 aromatic carbocycles. The number of nitro groups is 1. The molecule has 4 heterocycles. The van der Waals surface area contributed by atoms with Gasteiger partial charge in [0.15, 0.2) is 12.0 Å². The number of aryl methyl sites for hydroxylation is 1. The second kappa shape index (κ2) is 36.1. The maximum atomic E-state index is 17.8. The third kappa shape index (κ3) is 22.5. The van der Waals surface area contributed by atoms with Crippen LogP contribution < -0.4 is 20.7 Å². The Morgan fingerprint density at radius 3 is 2.04 bits per heavy atom. The van der Waals surface area contributed by atoms with Gasteiger partial charge in [-0.05, 0) is 101 Å². The van der Waals surface area contributed by atoms with Gasteiger partial charge < -0.3 is 56.9 Å². The maximum absolute atomic E-state index is 17.8. The normalized spacial score (nSPS) is 15.4. The van der Waals surface area contributed by atoms with Crippen molar-refractivity contribution in [2.45, 2.75) is 115 Å². The first-order chi connectivity index (χ1) is 44.7. The topological polar surface area (TPSA) is 318 Å². The second-order valence-corrected chi connectivity index (χ2v) is 26.7. The average Bonchev–Trinajstić information content (AvgIpc) is 1.54. The summed E-state index contributed by atoms with van der Waals surface area (Å²) >= 11 is 1.72. The van der Waals surface area contributed by atoms with E-state index in [0.717, 1.165) is 64.7 Å². The Morgan fingerprint density at radius 1 is 0.830 bits per heavy atom. The van der Waals surface area contributed by atoms with Crippen LogP contribution in [0.1, 0.15) is 124 Å². The number of benzene rings is 2. The number of aromatic nitrogens is 1. The molecule has 516 valence electrons. The molecule has 3 aliphatic rings. The van der Waals surface area contributed by atoms with Gasteiger partial charge in [-0.2, -0.15) is 0 Å². The number of nitrogens with one attached hydrogen (secondary N) is 3. The zero-order valence-corrected chi connectivity index (χ0v) is 56.0. The Hall–Kier alpha value is -7.18. The molecule has 3 atom stereocenters. The molecule has 3 aliphatic heterocycles. The minimum atomic E-state index is -4.60. The van der Waals surface area contributed by atoms with Crippen LogP contribution in [0.15, 0.2) is 65.9 Å². The van der Waals surface area contributed by atoms with Crippen LogP contribution in [0.3, 0.4) is 0 Å². The number of hydrogen-bond donors (Lipinski definition) is 5. The van der Waals surface area contributed by atoms with E-state index in [0.29, 0.717) is 99.8 Å². The molecule has 94 heavy (non-hydrogen) atoms. The van der Waals surface area contributed by atoms with E-state index < -0.39 is 71.5 Å². The van der Waals surface area contributed by atoms with E-state index in [1.807, 2.05) is 42.3 Å². The fourth-order valence-corrected chi connectivity index (χ4v) is 11.8. The molecule has 3 aromatic rings. The molecule has 0 aliphatic carbocycles. The number of unbranched alkanes of at least 4 members (excludes halogenated alkanes) is 2. The van der Waals surface area contributed by atoms with Crippen molar-refractivity contribution < 1.29 is 104 Å². The zero-order chi connectivity index (χ0) is 68.8. The number of allylic oxidation sites excluding steroid dienone is 2. The van der Waals surface area contributed by atoms with Gasteiger partial charge in [-0.25, -0.2) is 15.3 Å². The summed E-state index contributed by atoms with van der Waals surface area (Å²) in [5, 5.41) is 46.0. The summed E-state index contributed by atoms with van der Waals surface area (Å²) in [4.78, 5) is 109. The number of imide groups is 1. The molecule has 33 heteroatoms. The number of hydrogen-bond acceptors (Lipinski definition) is 21. The number of aldehydes is 1. The van der Waals surface area contributed by atoms with Gasteiger partial charge >= 0.3 is 13.1 Å². The van der Waals surface area contributed by atoms with Gasteiger partial charge in [0.2, 0.25) is 17.7 Å². The number of quaternary nitrogens is 2. The SMILES string of the molecule is CC(OC(=O)ON1C(=O)CCC1=O)c1cc(C=O)c(OCCN(C)CCNC(=O)C(CCCC[N+](C)(C)C)NC(=O)C(CCCC[N+](C)(C)C)NC(=O)CCC2=[N+]3C(=Cc4c(CCCSOOO)cc(-c5ccccc5)n4[B-]3(F)F)C(CCCSOOO)=C2)cc1[N+](=O)[O-]. The van der Waals surface area contributed by atoms with Gasteiger partial charge in [-0.1, -0.05) is 45.5 Å². The lowest BCUT2D eigenvalue weighted by molar-refractivity contribution is -0.870. The standard InChI is InChI=1S/C61H85BF2N10O18S2/c1-42(87-61(81)88-71-57(77)26-27-58(71)78)48-37-46(41-75)55(40-54(48)72(82)83)86-33-30-68(2)29-28-65-59(79)49(22-12-14-31-73(3,4)5)67-60(80)50(23-13-15-32-74(6,7)8)66-56(76)25-24-47-36-44(20-16-34-93-91-89-84)52-39-53-45(21-17-35-94-92-90-85)38-51(43-18-10-9-11-19-43)70(53)62(63,64)69(47)52/h9-11,18-19,36-42,49-50H,12-17,20-35H2,1-8H3,(H3-2,65,66,67,76,79,80,84,85)/p+2. The first-order valence-corrected chi connectivity index (χ1v) is 32.9. The van der Waals surface area contributed by atoms with Gasteiger partial charge in [0.1, 0.15) is 36.3 Å². The third-order valence-electron chi connectivity index (χ3n) is 15.8. The van der Waals surface area contributed by atoms with Crippen LogP contribution >= 0.6 is 24.1 Å². The summed E-state index contributed by atoms with van der Waals surface area (Å²) in [5.41, 5.74) is 2.05. The van der Waals surface area contributed by atoms with Crippen molar-refractivity contribution in [3.05, 3.63) is 98.4 Å². The lowest BCUT2D eigenvalue weighted by atomic mass is 9.88. The van der Waals surface area contributed by atoms with Crippen LogP contribution in [0.5, 0.6) is 5.75 Å². The molecule has 0 radical (unpaired) electrons. The van der Waals surface area contributed by atoms with Crippen LogP contribution in [-0.4, -0.2) is 210 Å². The summed E-state index contributed by atoms with van der Waals surface area (Å²) < 4.78 is 59.1. The second-order valence-electron chi connectivity index (χ2n) is 25.1. The molecule has 28 nitrogen and oxygen atoms in total. The Bertz CT molecular complexity index is 3240. The number of carbonyl (C=O) groups is 7. The highest BCUT2D eigenvalue weighted by atomic mass is 32.2. The predicted octanol–water partition coefficient (Wildman–Crippen LogP) is 7.61. The summed E-state index contributed by atoms with van der Waals surface area (Å²) in [6.07, 6.45) is 4.92. The highest BCUT2D eigenvalue weighted by Crippen LogP contribution is 2.42. The monoisotopic (exact) mass is 1360 g/mol. The summed E-state index contributed by atoms with van der Waals surface area (Å²) in [5.74, 6) is -2.55. The van der Waals surface area contributed by atoms with Crippen molar-refractivity contribution in [1.82, 2.24) is 30.4 Å². The molecule has 5 amide bonds. The molecule has 0 bridgehead atoms. The quantitative estimate of drug-likeness (QED) is 0.00348. The molecular weight excluding hydrogens is 1270 g/mol. The van der Waals surface area contributed by atoms with Crippen LogP contribution in [-0.2, 0) is 58.7 Å². The highest BCUT2D eigenvalue weighted by molar-refractivity contribution is 7.94. The lowest BCUT2D eigenvalue weighted by Crippen LogP contribution is -2.54. The summed E-state index contributed by atoms with van der Waals surface area (Å²) in [7, 11) is 14.0. The van der Waals surface area contributed by atoms with Crippen molar-refractivity contribution in [1.29, 1.82) is 0 Å². The van der Waals surface area contributed by atoms with Crippen molar-refractivity contribution in [2.75, 3.05) is 100 Å². The largest absolute Gasteiger partial charge is 0.737 e. The lowest BCUT2D eigenvalue weighted by Gasteiger charge is -2.32. The Kier molecular flexibility index (Phi) is 29.1. The first kappa shape index (κ1) is 75.8. The van der Waals surface area contributed by atoms with Gasteiger partial charge in [0, 0.05) is 110 Å². The number of halogens is 2. The van der Waals surface area contributed by atoms with Crippen molar-refractivity contribution in [3.63, 3.8) is 0 Å². The number of hydroxylamine groups is 2. The Balaban J connectivity index is 1.15.